The molecular formula is C40H38F4N2O5. The maximum absolute atomic E-state index is 14.2. The van der Waals surface area contributed by atoms with Crippen LogP contribution in [-0.4, -0.2) is 40.4 Å². The number of carbonyl (C=O) groups excluding carboxylic acids is 2. The van der Waals surface area contributed by atoms with E-state index in [1.807, 2.05) is 54.6 Å². The fourth-order valence-corrected chi connectivity index (χ4v) is 7.01. The number of rotatable bonds is 11. The maximum Gasteiger partial charge on any atom is 0.419 e. The lowest BCUT2D eigenvalue weighted by atomic mass is 9.90. The predicted octanol–water partition coefficient (Wildman–Crippen LogP) is 7.91. The van der Waals surface area contributed by atoms with E-state index in [-0.39, 0.29) is 49.1 Å². The number of ether oxygens (including phenoxy) is 1. The summed E-state index contributed by atoms with van der Waals surface area (Å²) in [5.41, 5.74) is 2.57. The van der Waals surface area contributed by atoms with Gasteiger partial charge in [-0.15, -0.1) is 0 Å². The summed E-state index contributed by atoms with van der Waals surface area (Å²) in [6, 6.07) is 22.2. The van der Waals surface area contributed by atoms with Crippen LogP contribution in [0.5, 0.6) is 5.75 Å². The zero-order valence-corrected chi connectivity index (χ0v) is 27.8. The van der Waals surface area contributed by atoms with E-state index in [9.17, 15) is 37.1 Å². The normalized spacial score (nSPS) is 16.7. The molecule has 266 valence electrons. The van der Waals surface area contributed by atoms with Crippen LogP contribution in [0.15, 0.2) is 91.0 Å². The van der Waals surface area contributed by atoms with Crippen LogP contribution in [0.25, 0.3) is 11.1 Å². The second-order valence-electron chi connectivity index (χ2n) is 13.2. The van der Waals surface area contributed by atoms with Crippen molar-refractivity contribution in [2.45, 2.75) is 69.8 Å². The molecule has 1 unspecified atom stereocenters. The van der Waals surface area contributed by atoms with Crippen molar-refractivity contribution in [2.24, 2.45) is 5.92 Å². The van der Waals surface area contributed by atoms with Crippen LogP contribution in [0.2, 0.25) is 0 Å². The number of alkyl halides is 3. The van der Waals surface area contributed by atoms with Crippen molar-refractivity contribution in [3.63, 3.8) is 0 Å². The highest BCUT2D eigenvalue weighted by atomic mass is 19.4. The highest BCUT2D eigenvalue weighted by Crippen LogP contribution is 2.36. The minimum absolute atomic E-state index is 0.00642. The third kappa shape index (κ3) is 8.58. The van der Waals surface area contributed by atoms with E-state index in [0.717, 1.165) is 48.4 Å². The van der Waals surface area contributed by atoms with Gasteiger partial charge in [-0.1, -0.05) is 79.6 Å². The van der Waals surface area contributed by atoms with Gasteiger partial charge in [0.1, 0.15) is 30.3 Å². The van der Waals surface area contributed by atoms with Crippen molar-refractivity contribution in [1.82, 2.24) is 10.2 Å². The Balaban J connectivity index is 1.24. The van der Waals surface area contributed by atoms with Gasteiger partial charge in [0.05, 0.1) is 5.56 Å². The third-order valence-electron chi connectivity index (χ3n) is 9.71. The number of benzene rings is 4. The smallest absolute Gasteiger partial charge is 0.419 e. The van der Waals surface area contributed by atoms with Gasteiger partial charge >= 0.3 is 12.1 Å². The molecule has 0 saturated heterocycles. The number of halogens is 4. The van der Waals surface area contributed by atoms with Crippen molar-refractivity contribution in [1.29, 1.82) is 0 Å². The fraction of sp³-hybridized carbons (Fsp3) is 0.325. The minimum atomic E-state index is -4.87. The van der Waals surface area contributed by atoms with E-state index in [1.54, 1.807) is 18.2 Å². The lowest BCUT2D eigenvalue weighted by Gasteiger charge is -2.37. The molecule has 0 radical (unpaired) electrons. The molecule has 2 aliphatic rings. The van der Waals surface area contributed by atoms with Crippen LogP contribution in [0.4, 0.5) is 17.6 Å². The number of hydrogen-bond acceptors (Lipinski definition) is 4. The Morgan fingerprint density at radius 1 is 0.882 bits per heavy atom. The van der Waals surface area contributed by atoms with Crippen LogP contribution in [0.1, 0.15) is 66.0 Å². The summed E-state index contributed by atoms with van der Waals surface area (Å²) in [4.78, 5) is 41.9. The van der Waals surface area contributed by atoms with Gasteiger partial charge in [-0.2, -0.15) is 13.2 Å². The monoisotopic (exact) mass is 702 g/mol. The maximum atomic E-state index is 14.2. The van der Waals surface area contributed by atoms with Gasteiger partial charge in [0.25, 0.3) is 0 Å². The molecule has 1 aliphatic heterocycles. The Hall–Kier alpha value is -5.19. The number of aliphatic carboxylic acids is 1. The molecule has 6 rings (SSSR count). The molecule has 51 heavy (non-hydrogen) atoms. The fourth-order valence-electron chi connectivity index (χ4n) is 7.01. The van der Waals surface area contributed by atoms with E-state index >= 15 is 0 Å². The van der Waals surface area contributed by atoms with Crippen LogP contribution in [-0.2, 0) is 40.0 Å². The number of carboxylic acid groups (broad SMARTS) is 1. The standard InChI is InChI=1S/C40H38F4N2O5/c41-34-17-12-27(20-33(34)40(42,43)44)24-51-31-16-15-30-18-19-46(36(47)22-25-6-4-5-7-25)37(32(30)23-31)38(48)45-35(39(49)50)21-26-10-13-29(14-11-26)28-8-2-1-3-9-28/h1-3,8-17,20,23,25,35,37H,4-7,18-19,21-22,24H2,(H,45,48)(H,49,50)/t35-,37?/m0/s1. The summed E-state index contributed by atoms with van der Waals surface area (Å²) < 4.78 is 59.5. The average Bonchev–Trinajstić information content (AvgIpc) is 3.63. The first-order valence-electron chi connectivity index (χ1n) is 17.0. The molecule has 2 amide bonds. The van der Waals surface area contributed by atoms with E-state index in [1.165, 1.54) is 11.0 Å². The molecule has 2 atom stereocenters. The number of nitrogens with zero attached hydrogens (tertiary/aromatic N) is 1. The van der Waals surface area contributed by atoms with Crippen molar-refractivity contribution >= 4 is 17.8 Å². The summed E-state index contributed by atoms with van der Waals surface area (Å²) in [7, 11) is 0. The van der Waals surface area contributed by atoms with Gasteiger partial charge < -0.3 is 20.1 Å². The Labute approximate surface area is 293 Å². The van der Waals surface area contributed by atoms with Gasteiger partial charge in [-0.25, -0.2) is 9.18 Å². The van der Waals surface area contributed by atoms with Crippen molar-refractivity contribution in [3.05, 3.63) is 125 Å². The van der Waals surface area contributed by atoms with E-state index in [4.69, 9.17) is 4.74 Å². The minimum Gasteiger partial charge on any atom is -0.489 e. The molecule has 1 aliphatic carbocycles. The van der Waals surface area contributed by atoms with E-state index in [2.05, 4.69) is 5.32 Å². The zero-order chi connectivity index (χ0) is 36.1. The third-order valence-corrected chi connectivity index (χ3v) is 9.71. The Bertz CT molecular complexity index is 1870. The van der Waals surface area contributed by atoms with Crippen LogP contribution >= 0.6 is 0 Å². The highest BCUT2D eigenvalue weighted by Gasteiger charge is 2.39. The van der Waals surface area contributed by atoms with E-state index in [0.29, 0.717) is 23.6 Å². The van der Waals surface area contributed by atoms with Crippen molar-refractivity contribution < 1.29 is 41.8 Å². The molecule has 11 heteroatoms. The number of nitrogens with one attached hydrogen (secondary N) is 1. The van der Waals surface area contributed by atoms with Crippen molar-refractivity contribution in [2.75, 3.05) is 6.54 Å². The second kappa shape index (κ2) is 15.4. The van der Waals surface area contributed by atoms with Gasteiger partial charge in [-0.05, 0) is 82.8 Å². The van der Waals surface area contributed by atoms with Gasteiger partial charge in [0.15, 0.2) is 0 Å². The van der Waals surface area contributed by atoms with E-state index < -0.39 is 41.5 Å². The molecule has 7 nitrogen and oxygen atoms in total. The largest absolute Gasteiger partial charge is 0.489 e. The molecule has 1 saturated carbocycles. The summed E-state index contributed by atoms with van der Waals surface area (Å²) >= 11 is 0. The quantitative estimate of drug-likeness (QED) is 0.155. The Kier molecular flexibility index (Phi) is 10.7. The predicted molar refractivity (Wildman–Crippen MR) is 182 cm³/mol. The Morgan fingerprint density at radius 2 is 1.57 bits per heavy atom. The first kappa shape index (κ1) is 35.6. The first-order valence-corrected chi connectivity index (χ1v) is 17.0. The Morgan fingerprint density at radius 3 is 2.25 bits per heavy atom. The molecule has 4 aromatic rings. The number of fused-ring (bicyclic) bond motifs is 1. The molecule has 1 heterocycles. The lowest BCUT2D eigenvalue weighted by Crippen LogP contribution is -2.51. The molecular weight excluding hydrogens is 664 g/mol. The van der Waals surface area contributed by atoms with Gasteiger partial charge in [0.2, 0.25) is 11.8 Å². The second-order valence-corrected chi connectivity index (χ2v) is 13.2. The summed E-state index contributed by atoms with van der Waals surface area (Å²) in [6.07, 6.45) is -0.223. The van der Waals surface area contributed by atoms with Gasteiger partial charge in [-0.3, -0.25) is 9.59 Å². The SMILES string of the molecule is O=C(N[C@@H](Cc1ccc(-c2ccccc2)cc1)C(=O)O)C1c2cc(OCc3ccc(F)c(C(F)(F)F)c3)ccc2CCN1C(=O)CC1CCCC1. The molecule has 0 aromatic heterocycles. The zero-order valence-electron chi connectivity index (χ0n) is 27.8. The lowest BCUT2D eigenvalue weighted by molar-refractivity contribution is -0.145. The molecule has 4 aromatic carbocycles. The number of carboxylic acids is 1. The number of hydrogen-bond donors (Lipinski definition) is 2. The summed E-state index contributed by atoms with van der Waals surface area (Å²) in [5.74, 6) is -3.05. The average molecular weight is 703 g/mol. The van der Waals surface area contributed by atoms with Crippen LogP contribution in [0, 0.1) is 11.7 Å². The molecule has 0 spiro atoms. The van der Waals surface area contributed by atoms with Gasteiger partial charge in [0, 0.05) is 19.4 Å². The number of carbonyl (C=O) groups is 3. The van der Waals surface area contributed by atoms with Crippen LogP contribution in [0.3, 0.4) is 0 Å². The number of amides is 2. The topological polar surface area (TPSA) is 95.9 Å². The highest BCUT2D eigenvalue weighted by molar-refractivity contribution is 5.92. The molecule has 0 bridgehead atoms. The summed E-state index contributed by atoms with van der Waals surface area (Å²) in [6.45, 7) is -0.0567. The van der Waals surface area contributed by atoms with Crippen molar-refractivity contribution in [3.8, 4) is 16.9 Å². The molecule has 1 fully saturated rings. The molecule has 2 N–H and O–H groups in total. The first-order chi connectivity index (χ1) is 24.5. The van der Waals surface area contributed by atoms with Crippen LogP contribution < -0.4 is 10.1 Å². The summed E-state index contributed by atoms with van der Waals surface area (Å²) in [5, 5.41) is 12.9.